The average molecular weight is 262 g/mol. The van der Waals surface area contributed by atoms with Gasteiger partial charge in [0.05, 0.1) is 24.3 Å². The molecule has 5 heteroatoms. The summed E-state index contributed by atoms with van der Waals surface area (Å²) in [5.74, 6) is 0.490. The molecule has 1 unspecified atom stereocenters. The molecule has 0 aliphatic rings. The highest BCUT2D eigenvalue weighted by molar-refractivity contribution is 6.01. The number of hydrogen-bond acceptors (Lipinski definition) is 4. The van der Waals surface area contributed by atoms with Crippen molar-refractivity contribution < 1.29 is 14.3 Å². The number of nitrogens with one attached hydrogen (secondary N) is 1. The quantitative estimate of drug-likeness (QED) is 0.840. The normalized spacial score (nSPS) is 12.6. The first-order valence-electron chi connectivity index (χ1n) is 6.24. The molecule has 1 heterocycles. The number of aromatic amines is 1. The molecule has 0 amide bonds. The molecule has 19 heavy (non-hydrogen) atoms. The Hall–Kier alpha value is -1.88. The molecule has 1 aromatic carbocycles. The number of aromatic nitrogens is 2. The third-order valence-electron chi connectivity index (χ3n) is 3.16. The number of ether oxygens (including phenoxy) is 2. The van der Waals surface area contributed by atoms with E-state index < -0.39 is 0 Å². The zero-order valence-electron chi connectivity index (χ0n) is 11.4. The monoisotopic (exact) mass is 262 g/mol. The molecule has 1 aromatic heterocycles. The van der Waals surface area contributed by atoms with E-state index in [1.54, 1.807) is 13.2 Å². The first-order valence-corrected chi connectivity index (χ1v) is 6.24. The molecule has 0 aliphatic heterocycles. The predicted octanol–water partition coefficient (Wildman–Crippen LogP) is 2.32. The van der Waals surface area contributed by atoms with E-state index in [0.717, 1.165) is 24.2 Å². The minimum atomic E-state index is -0.367. The number of rotatable bonds is 5. The third-order valence-corrected chi connectivity index (χ3v) is 3.16. The summed E-state index contributed by atoms with van der Waals surface area (Å²) in [5.41, 5.74) is 2.00. The van der Waals surface area contributed by atoms with E-state index in [9.17, 15) is 4.79 Å². The Morgan fingerprint density at radius 2 is 2.21 bits per heavy atom. The molecule has 1 N–H and O–H groups in total. The van der Waals surface area contributed by atoms with E-state index in [0.29, 0.717) is 11.1 Å². The maximum absolute atomic E-state index is 11.7. The van der Waals surface area contributed by atoms with Gasteiger partial charge in [0.25, 0.3) is 0 Å². The zero-order valence-corrected chi connectivity index (χ0v) is 11.4. The van der Waals surface area contributed by atoms with Crippen LogP contribution in [-0.2, 0) is 15.9 Å². The number of carbonyl (C=O) groups excluding carboxylic acids is 1. The fourth-order valence-corrected chi connectivity index (χ4v) is 1.93. The molecule has 0 spiro atoms. The van der Waals surface area contributed by atoms with Crippen LogP contribution in [-0.4, -0.2) is 36.3 Å². The number of imidazole rings is 1. The van der Waals surface area contributed by atoms with Crippen LogP contribution in [0.5, 0.6) is 0 Å². The minimum Gasteiger partial charge on any atom is -0.465 e. The minimum absolute atomic E-state index is 0.188. The molecule has 2 aromatic rings. The number of benzene rings is 1. The molecule has 2 rings (SSSR count). The summed E-state index contributed by atoms with van der Waals surface area (Å²) in [6, 6.07) is 5.43. The van der Waals surface area contributed by atoms with Gasteiger partial charge in [0.2, 0.25) is 0 Å². The number of aryl methyl sites for hydroxylation is 1. The highest BCUT2D eigenvalue weighted by atomic mass is 16.5. The molecular formula is C14H18N2O3. The number of carbonyl (C=O) groups is 1. The number of nitrogens with zero attached hydrogens (tertiary/aromatic N) is 1. The lowest BCUT2D eigenvalue weighted by Gasteiger charge is -2.06. The largest absolute Gasteiger partial charge is 0.465 e. The predicted molar refractivity (Wildman–Crippen MR) is 72.2 cm³/mol. The maximum Gasteiger partial charge on any atom is 0.340 e. The lowest BCUT2D eigenvalue weighted by Crippen LogP contribution is -2.06. The zero-order chi connectivity index (χ0) is 13.8. The molecule has 1 atom stereocenters. The molecule has 0 saturated carbocycles. The Balaban J connectivity index is 2.27. The summed E-state index contributed by atoms with van der Waals surface area (Å²) in [4.78, 5) is 19.3. The summed E-state index contributed by atoms with van der Waals surface area (Å²) in [6.07, 6.45) is 1.85. The van der Waals surface area contributed by atoms with Gasteiger partial charge in [-0.05, 0) is 25.5 Å². The van der Waals surface area contributed by atoms with Crippen LogP contribution >= 0.6 is 0 Å². The van der Waals surface area contributed by atoms with Gasteiger partial charge in [-0.2, -0.15) is 0 Å². The number of methoxy groups -OCH3 is 2. The van der Waals surface area contributed by atoms with Gasteiger partial charge in [-0.1, -0.05) is 6.07 Å². The van der Waals surface area contributed by atoms with Crippen molar-refractivity contribution in [3.05, 3.63) is 29.6 Å². The Morgan fingerprint density at radius 1 is 1.42 bits per heavy atom. The van der Waals surface area contributed by atoms with Crippen LogP contribution in [0.4, 0.5) is 0 Å². The summed E-state index contributed by atoms with van der Waals surface area (Å²) in [6.45, 7) is 2.02. The van der Waals surface area contributed by atoms with Crippen LogP contribution in [0.2, 0.25) is 0 Å². The number of fused-ring (bicyclic) bond motifs is 1. The van der Waals surface area contributed by atoms with E-state index >= 15 is 0 Å². The molecule has 0 radical (unpaired) electrons. The lowest BCUT2D eigenvalue weighted by molar-refractivity contribution is 0.0603. The first kappa shape index (κ1) is 13.5. The SMILES string of the molecule is COC(=O)c1cccc2[nH]c(CCC(C)OC)nc12. The van der Waals surface area contributed by atoms with Gasteiger partial charge in [0, 0.05) is 13.5 Å². The maximum atomic E-state index is 11.7. The first-order chi connectivity index (χ1) is 9.15. The van der Waals surface area contributed by atoms with Gasteiger partial charge in [-0.25, -0.2) is 9.78 Å². The van der Waals surface area contributed by atoms with Crippen molar-refractivity contribution in [3.8, 4) is 0 Å². The van der Waals surface area contributed by atoms with E-state index in [4.69, 9.17) is 9.47 Å². The van der Waals surface area contributed by atoms with Crippen molar-refractivity contribution in [1.82, 2.24) is 9.97 Å². The highest BCUT2D eigenvalue weighted by Crippen LogP contribution is 2.18. The molecule has 102 valence electrons. The van der Waals surface area contributed by atoms with Crippen molar-refractivity contribution in [2.24, 2.45) is 0 Å². The van der Waals surface area contributed by atoms with Crippen molar-refractivity contribution >= 4 is 17.0 Å². The number of H-pyrrole nitrogens is 1. The van der Waals surface area contributed by atoms with Crippen LogP contribution in [0.1, 0.15) is 29.5 Å². The topological polar surface area (TPSA) is 64.2 Å². The Bertz CT molecular complexity index is 577. The smallest absolute Gasteiger partial charge is 0.340 e. The average Bonchev–Trinajstić information content (AvgIpc) is 2.86. The second kappa shape index (κ2) is 5.84. The number of para-hydroxylation sites is 1. The molecule has 0 saturated heterocycles. The molecule has 0 aliphatic carbocycles. The molecule has 0 bridgehead atoms. The lowest BCUT2D eigenvalue weighted by atomic mass is 10.2. The number of hydrogen-bond donors (Lipinski definition) is 1. The highest BCUT2D eigenvalue weighted by Gasteiger charge is 2.14. The van der Waals surface area contributed by atoms with Crippen LogP contribution in [0.3, 0.4) is 0 Å². The summed E-state index contributed by atoms with van der Waals surface area (Å²) >= 11 is 0. The van der Waals surface area contributed by atoms with Crippen molar-refractivity contribution in [1.29, 1.82) is 0 Å². The molecule has 5 nitrogen and oxygen atoms in total. The second-order valence-electron chi connectivity index (χ2n) is 4.46. The van der Waals surface area contributed by atoms with E-state index in [1.165, 1.54) is 7.11 Å². The van der Waals surface area contributed by atoms with Gasteiger partial charge in [0.1, 0.15) is 11.3 Å². The van der Waals surface area contributed by atoms with Crippen molar-refractivity contribution in [3.63, 3.8) is 0 Å². The van der Waals surface area contributed by atoms with Gasteiger partial charge in [-0.3, -0.25) is 0 Å². The Labute approximate surface area is 111 Å². The second-order valence-corrected chi connectivity index (χ2v) is 4.46. The van der Waals surface area contributed by atoms with E-state index in [2.05, 4.69) is 9.97 Å². The van der Waals surface area contributed by atoms with Crippen molar-refractivity contribution in [2.75, 3.05) is 14.2 Å². The fourth-order valence-electron chi connectivity index (χ4n) is 1.93. The van der Waals surface area contributed by atoms with Crippen LogP contribution < -0.4 is 0 Å². The third kappa shape index (κ3) is 2.93. The molecule has 0 fully saturated rings. The fraction of sp³-hybridized carbons (Fsp3) is 0.429. The standard InChI is InChI=1S/C14H18N2O3/c1-9(18-2)7-8-12-15-11-6-4-5-10(13(11)16-12)14(17)19-3/h4-6,9H,7-8H2,1-3H3,(H,15,16). The van der Waals surface area contributed by atoms with Crippen molar-refractivity contribution in [2.45, 2.75) is 25.9 Å². The van der Waals surface area contributed by atoms with E-state index in [-0.39, 0.29) is 12.1 Å². The summed E-state index contributed by atoms with van der Waals surface area (Å²) < 4.78 is 9.97. The Morgan fingerprint density at radius 3 is 2.89 bits per heavy atom. The van der Waals surface area contributed by atoms with Gasteiger partial charge < -0.3 is 14.5 Å². The van der Waals surface area contributed by atoms with Crippen LogP contribution in [0.25, 0.3) is 11.0 Å². The number of esters is 1. The van der Waals surface area contributed by atoms with Crippen LogP contribution in [0.15, 0.2) is 18.2 Å². The summed E-state index contributed by atoms with van der Waals surface area (Å²) in [7, 11) is 3.06. The van der Waals surface area contributed by atoms with Gasteiger partial charge >= 0.3 is 5.97 Å². The van der Waals surface area contributed by atoms with Crippen LogP contribution in [0, 0.1) is 0 Å². The summed E-state index contributed by atoms with van der Waals surface area (Å²) in [5, 5.41) is 0. The van der Waals surface area contributed by atoms with Gasteiger partial charge in [-0.15, -0.1) is 0 Å². The van der Waals surface area contributed by atoms with Gasteiger partial charge in [0.15, 0.2) is 0 Å². The van der Waals surface area contributed by atoms with E-state index in [1.807, 2.05) is 19.1 Å². The molecular weight excluding hydrogens is 244 g/mol. The Kier molecular flexibility index (Phi) is 4.16.